The summed E-state index contributed by atoms with van der Waals surface area (Å²) in [6, 6.07) is 62.0. The van der Waals surface area contributed by atoms with Crippen LogP contribution in [0.2, 0.25) is 0 Å². The van der Waals surface area contributed by atoms with Crippen molar-refractivity contribution < 1.29 is 4.42 Å². The number of nitrogens with zero attached hydrogens (tertiary/aromatic N) is 1. The molecule has 0 saturated carbocycles. The third-order valence-corrected chi connectivity index (χ3v) is 17.6. The van der Waals surface area contributed by atoms with Crippen LogP contribution in [-0.4, -0.2) is 19.5 Å². The van der Waals surface area contributed by atoms with Gasteiger partial charge < -0.3 is 0 Å². The summed E-state index contributed by atoms with van der Waals surface area (Å²) in [7, 11) is 0. The van der Waals surface area contributed by atoms with Crippen LogP contribution in [-0.2, 0) is 11.8 Å². The van der Waals surface area contributed by atoms with Crippen LogP contribution < -0.4 is 0 Å². The van der Waals surface area contributed by atoms with Crippen LogP contribution in [0.4, 0.5) is 0 Å². The van der Waals surface area contributed by atoms with Gasteiger partial charge in [-0.1, -0.05) is 56.3 Å². The first-order valence-corrected chi connectivity index (χ1v) is 24.7. The summed E-state index contributed by atoms with van der Waals surface area (Å²) in [6.07, 6.45) is 9.45. The molecule has 13 aromatic rings. The van der Waals surface area contributed by atoms with Crippen molar-refractivity contribution in [3.8, 4) is 44.5 Å². The van der Waals surface area contributed by atoms with Gasteiger partial charge in [0.15, 0.2) is 0 Å². The third-order valence-electron chi connectivity index (χ3n) is 15.1. The zero-order valence-electron chi connectivity index (χ0n) is 36.4. The fraction of sp³-hybridized carbons (Fsp3) is 0.0635. The summed E-state index contributed by atoms with van der Waals surface area (Å²) < 4.78 is 9.83. The minimum Gasteiger partial charge on any atom is -0.0497 e. The van der Waals surface area contributed by atoms with Crippen LogP contribution in [0, 0.1) is 0 Å². The molecule has 0 N–H and O–H groups in total. The maximum absolute atomic E-state index is 6.82. The molecule has 3 aromatic heterocycles. The van der Waals surface area contributed by atoms with Crippen molar-refractivity contribution in [3.05, 3.63) is 205 Å². The second-order valence-electron chi connectivity index (χ2n) is 19.0. The summed E-state index contributed by atoms with van der Waals surface area (Å²) in [5, 5.41) is 15.7. The summed E-state index contributed by atoms with van der Waals surface area (Å²) in [5.41, 5.74) is 16.7. The molecule has 0 spiro atoms. The number of fused-ring (bicyclic) bond motifs is 16. The number of pyridine rings is 1. The van der Waals surface area contributed by atoms with Crippen molar-refractivity contribution in [1.82, 2.24) is 4.98 Å². The monoisotopic (exact) mass is 905 g/mol. The third kappa shape index (κ3) is 5.05. The molecule has 2 aliphatic carbocycles. The Kier molecular flexibility index (Phi) is 7.39. The molecular formula is C63H39NOSe. The molecule has 0 bridgehead atoms. The Bertz CT molecular complexity index is 4330. The van der Waals surface area contributed by atoms with Crippen LogP contribution in [0.1, 0.15) is 36.1 Å². The van der Waals surface area contributed by atoms with E-state index in [1.165, 1.54) is 112 Å². The van der Waals surface area contributed by atoms with Gasteiger partial charge in [-0.05, 0) is 51.6 Å². The molecule has 0 amide bonds. The SMILES string of the molecule is CC1(C)c2ccccc2-c2ccc(-c3ccc4oc5c(-c6cccnc6)cc(-c6ccc7c(c6)c6ccccc6c6cc8c(cc76)[se]c6c7cccc9c7c(cc86)C=CC9)cc5c4c3)cc21. The molecule has 0 unspecified atom stereocenters. The zero-order chi connectivity index (χ0) is 43.4. The average Bonchev–Trinajstić information content (AvgIpc) is 4.00. The molecule has 0 radical (unpaired) electrons. The number of hydrogen-bond donors (Lipinski definition) is 0. The summed E-state index contributed by atoms with van der Waals surface area (Å²) in [4.78, 5) is 4.56. The Morgan fingerprint density at radius 3 is 2.11 bits per heavy atom. The zero-order valence-corrected chi connectivity index (χ0v) is 38.1. The van der Waals surface area contributed by atoms with Crippen LogP contribution >= 0.6 is 0 Å². The minimum atomic E-state index is -0.0701. The van der Waals surface area contributed by atoms with E-state index < -0.39 is 0 Å². The van der Waals surface area contributed by atoms with Gasteiger partial charge in [0, 0.05) is 11.6 Å². The molecule has 0 atom stereocenters. The molecule has 0 fully saturated rings. The van der Waals surface area contributed by atoms with E-state index in [4.69, 9.17) is 4.42 Å². The van der Waals surface area contributed by atoms with Gasteiger partial charge >= 0.3 is 265 Å². The molecule has 3 heterocycles. The smallest absolute Gasteiger partial charge is 0.0497 e. The van der Waals surface area contributed by atoms with Gasteiger partial charge in [-0.2, -0.15) is 0 Å². The van der Waals surface area contributed by atoms with Crippen molar-refractivity contribution in [1.29, 1.82) is 0 Å². The van der Waals surface area contributed by atoms with Crippen molar-refractivity contribution in [2.45, 2.75) is 25.7 Å². The first-order valence-electron chi connectivity index (χ1n) is 23.0. The number of aromatic nitrogens is 1. The number of rotatable bonds is 3. The van der Waals surface area contributed by atoms with Gasteiger partial charge in [0.25, 0.3) is 0 Å². The van der Waals surface area contributed by atoms with E-state index >= 15 is 0 Å². The quantitative estimate of drug-likeness (QED) is 0.130. The Labute approximate surface area is 386 Å². The van der Waals surface area contributed by atoms with E-state index in [0.29, 0.717) is 0 Å². The van der Waals surface area contributed by atoms with Gasteiger partial charge in [0.1, 0.15) is 0 Å². The Balaban J connectivity index is 0.931. The fourth-order valence-corrected chi connectivity index (χ4v) is 14.5. The molecule has 66 heavy (non-hydrogen) atoms. The fourth-order valence-electron chi connectivity index (χ4n) is 11.9. The first kappa shape index (κ1) is 36.8. The van der Waals surface area contributed by atoms with E-state index in [-0.39, 0.29) is 19.9 Å². The molecule has 308 valence electrons. The molecule has 2 nitrogen and oxygen atoms in total. The Morgan fingerprint density at radius 1 is 0.485 bits per heavy atom. The van der Waals surface area contributed by atoms with Crippen LogP contribution in [0.5, 0.6) is 0 Å². The Morgan fingerprint density at radius 2 is 1.21 bits per heavy atom. The summed E-state index contributed by atoms with van der Waals surface area (Å²) >= 11 is 0.212. The first-order chi connectivity index (χ1) is 32.4. The van der Waals surface area contributed by atoms with E-state index in [2.05, 4.69) is 189 Å². The van der Waals surface area contributed by atoms with Gasteiger partial charge in [-0.3, -0.25) is 4.98 Å². The minimum absolute atomic E-state index is 0.0701. The molecule has 10 aromatic carbocycles. The second-order valence-corrected chi connectivity index (χ2v) is 21.2. The van der Waals surface area contributed by atoms with E-state index in [0.717, 1.165) is 45.0 Å². The molecule has 2 aliphatic rings. The van der Waals surface area contributed by atoms with Crippen LogP contribution in [0.25, 0.3) is 135 Å². The second kappa shape index (κ2) is 13.3. The van der Waals surface area contributed by atoms with E-state index in [1.807, 2.05) is 18.5 Å². The van der Waals surface area contributed by atoms with Gasteiger partial charge in [0.05, 0.1) is 0 Å². The van der Waals surface area contributed by atoms with Crippen molar-refractivity contribution in [3.63, 3.8) is 0 Å². The average molecular weight is 905 g/mol. The molecule has 0 saturated heterocycles. The number of benzene rings is 10. The molecular weight excluding hydrogens is 866 g/mol. The molecule has 3 heteroatoms. The van der Waals surface area contributed by atoms with Gasteiger partial charge in [-0.25, -0.2) is 0 Å². The topological polar surface area (TPSA) is 26.0 Å². The van der Waals surface area contributed by atoms with Gasteiger partial charge in [0.2, 0.25) is 0 Å². The predicted molar refractivity (Wildman–Crippen MR) is 280 cm³/mol. The standard InChI is InChI=1S/C63H39NOSe/c1-63(2)56-18-6-5-16-45(56)46-23-20-38(31-57(46)63)36-21-24-58-52(27-36)54-30-41(29-48(61(54)65-58)40-13-9-25-64-34-40)37-19-22-44-49(26-37)42-14-3-4-15-43(42)50-32-53-55-28-39-12-7-10-35-11-8-17-47(60(35)39)62(55)66-59(53)33-51(44)50/h3-9,11-34H,10H2,1-2H3. The number of furan rings is 1. The normalized spacial score (nSPS) is 13.9. The summed E-state index contributed by atoms with van der Waals surface area (Å²) in [5.74, 6) is 0. The van der Waals surface area contributed by atoms with Crippen molar-refractivity contribution in [2.75, 3.05) is 0 Å². The number of allylic oxidation sites excluding steroid dienone is 1. The predicted octanol–water partition coefficient (Wildman–Crippen LogP) is 16.8. The molecule has 0 aliphatic heterocycles. The van der Waals surface area contributed by atoms with Crippen molar-refractivity contribution >= 4 is 105 Å². The Hall–Kier alpha value is -7.55. The van der Waals surface area contributed by atoms with E-state index in [9.17, 15) is 0 Å². The maximum atomic E-state index is 6.82. The van der Waals surface area contributed by atoms with Crippen LogP contribution in [0.3, 0.4) is 0 Å². The summed E-state index contributed by atoms with van der Waals surface area (Å²) in [6.45, 7) is 4.70. The number of hydrogen-bond acceptors (Lipinski definition) is 2. The molecule has 15 rings (SSSR count). The van der Waals surface area contributed by atoms with E-state index in [1.54, 1.807) is 0 Å². The van der Waals surface area contributed by atoms with Gasteiger partial charge in [-0.15, -0.1) is 0 Å². The van der Waals surface area contributed by atoms with Crippen LogP contribution in [0.15, 0.2) is 187 Å². The van der Waals surface area contributed by atoms with Crippen molar-refractivity contribution in [2.24, 2.45) is 0 Å².